The molecule has 1 saturated heterocycles. The fourth-order valence-electron chi connectivity index (χ4n) is 3.88. The Hall–Kier alpha value is -1.58. The lowest BCUT2D eigenvalue weighted by Crippen LogP contribution is -2.41. The predicted octanol–water partition coefficient (Wildman–Crippen LogP) is 4.65. The Balaban J connectivity index is 1.26. The highest BCUT2D eigenvalue weighted by Crippen LogP contribution is 2.36. The van der Waals surface area contributed by atoms with Gasteiger partial charge in [0.25, 0.3) is 0 Å². The second-order valence-electron chi connectivity index (χ2n) is 9.14. The van der Waals surface area contributed by atoms with E-state index in [0.29, 0.717) is 0 Å². The molecule has 2 nitrogen and oxygen atoms in total. The SMILES string of the molecule is CC1(C)OB(c2ccc(CCCCc3ccc4c(c3)CC4)cc2)OC1(C)C. The molecule has 0 saturated carbocycles. The van der Waals surface area contributed by atoms with Gasteiger partial charge in [-0.25, -0.2) is 0 Å². The third kappa shape index (κ3) is 3.86. The molecule has 1 aliphatic heterocycles. The Morgan fingerprint density at radius 1 is 0.741 bits per heavy atom. The zero-order valence-corrected chi connectivity index (χ0v) is 17.2. The van der Waals surface area contributed by atoms with Crippen molar-refractivity contribution in [1.82, 2.24) is 0 Å². The van der Waals surface area contributed by atoms with Crippen molar-refractivity contribution in [3.05, 3.63) is 64.7 Å². The summed E-state index contributed by atoms with van der Waals surface area (Å²) in [5, 5.41) is 0. The van der Waals surface area contributed by atoms with Crippen LogP contribution in [-0.2, 0) is 35.0 Å². The van der Waals surface area contributed by atoms with Crippen LogP contribution in [-0.4, -0.2) is 18.3 Å². The summed E-state index contributed by atoms with van der Waals surface area (Å²) in [6.45, 7) is 8.39. The fraction of sp³-hybridized carbons (Fsp3) is 0.500. The van der Waals surface area contributed by atoms with Crippen LogP contribution in [0.25, 0.3) is 0 Å². The molecule has 0 amide bonds. The van der Waals surface area contributed by atoms with Crippen LogP contribution in [0.3, 0.4) is 0 Å². The van der Waals surface area contributed by atoms with E-state index in [0.717, 1.165) is 11.9 Å². The van der Waals surface area contributed by atoms with Crippen LogP contribution < -0.4 is 5.46 Å². The largest absolute Gasteiger partial charge is 0.494 e. The number of hydrogen-bond acceptors (Lipinski definition) is 2. The molecular weight excluding hydrogens is 331 g/mol. The molecule has 0 aromatic heterocycles. The van der Waals surface area contributed by atoms with Crippen LogP contribution in [0, 0.1) is 0 Å². The highest BCUT2D eigenvalue weighted by Gasteiger charge is 2.51. The maximum absolute atomic E-state index is 6.14. The lowest BCUT2D eigenvalue weighted by molar-refractivity contribution is 0.00578. The minimum atomic E-state index is -0.283. The number of unbranched alkanes of at least 4 members (excludes halogenated alkanes) is 1. The monoisotopic (exact) mass is 362 g/mol. The third-order valence-corrected chi connectivity index (χ3v) is 6.62. The summed E-state index contributed by atoms with van der Waals surface area (Å²) in [6, 6.07) is 15.8. The molecule has 0 bridgehead atoms. The lowest BCUT2D eigenvalue weighted by Gasteiger charge is -2.32. The molecule has 4 rings (SSSR count). The van der Waals surface area contributed by atoms with Gasteiger partial charge in [-0.3, -0.25) is 0 Å². The highest BCUT2D eigenvalue weighted by molar-refractivity contribution is 6.62. The molecule has 2 aromatic rings. The Morgan fingerprint density at radius 3 is 1.85 bits per heavy atom. The second kappa shape index (κ2) is 7.11. The average molecular weight is 362 g/mol. The zero-order valence-electron chi connectivity index (χ0n) is 17.2. The molecule has 1 heterocycles. The van der Waals surface area contributed by atoms with Crippen LogP contribution in [0.5, 0.6) is 0 Å². The highest BCUT2D eigenvalue weighted by atomic mass is 16.7. The van der Waals surface area contributed by atoms with Crippen molar-refractivity contribution < 1.29 is 9.31 Å². The molecule has 142 valence electrons. The van der Waals surface area contributed by atoms with E-state index >= 15 is 0 Å². The van der Waals surface area contributed by atoms with Gasteiger partial charge >= 0.3 is 7.12 Å². The summed E-state index contributed by atoms with van der Waals surface area (Å²) in [5.41, 5.74) is 6.58. The molecule has 0 radical (unpaired) electrons. The lowest BCUT2D eigenvalue weighted by atomic mass is 9.78. The van der Waals surface area contributed by atoms with E-state index in [4.69, 9.17) is 9.31 Å². The third-order valence-electron chi connectivity index (χ3n) is 6.62. The Morgan fingerprint density at radius 2 is 1.30 bits per heavy atom. The molecule has 27 heavy (non-hydrogen) atoms. The number of aryl methyl sites for hydroxylation is 4. The van der Waals surface area contributed by atoms with Crippen LogP contribution in [0.2, 0.25) is 0 Å². The van der Waals surface area contributed by atoms with E-state index in [-0.39, 0.29) is 18.3 Å². The summed E-state index contributed by atoms with van der Waals surface area (Å²) >= 11 is 0. The number of benzene rings is 2. The summed E-state index contributed by atoms with van der Waals surface area (Å²) in [5.74, 6) is 0. The summed E-state index contributed by atoms with van der Waals surface area (Å²) < 4.78 is 12.3. The molecule has 2 aliphatic rings. The van der Waals surface area contributed by atoms with E-state index in [1.54, 1.807) is 11.1 Å². The Bertz CT molecular complexity index is 792. The van der Waals surface area contributed by atoms with Crippen molar-refractivity contribution in [2.75, 3.05) is 0 Å². The van der Waals surface area contributed by atoms with Crippen molar-refractivity contribution in [2.24, 2.45) is 0 Å². The van der Waals surface area contributed by atoms with Gasteiger partial charge in [0.2, 0.25) is 0 Å². The molecule has 0 unspecified atom stereocenters. The minimum absolute atomic E-state index is 0.264. The first-order valence-electron chi connectivity index (χ1n) is 10.4. The maximum atomic E-state index is 6.14. The smallest absolute Gasteiger partial charge is 0.399 e. The van der Waals surface area contributed by atoms with Gasteiger partial charge in [0.15, 0.2) is 0 Å². The van der Waals surface area contributed by atoms with Crippen molar-refractivity contribution in [2.45, 2.75) is 77.4 Å². The first-order valence-corrected chi connectivity index (χ1v) is 10.4. The first kappa shape index (κ1) is 18.8. The van der Waals surface area contributed by atoms with Gasteiger partial charge < -0.3 is 9.31 Å². The van der Waals surface area contributed by atoms with Crippen LogP contribution in [0.4, 0.5) is 0 Å². The molecule has 0 N–H and O–H groups in total. The maximum Gasteiger partial charge on any atom is 0.494 e. The van der Waals surface area contributed by atoms with Crippen molar-refractivity contribution >= 4 is 12.6 Å². The molecule has 3 heteroatoms. The van der Waals surface area contributed by atoms with Crippen molar-refractivity contribution in [3.63, 3.8) is 0 Å². The van der Waals surface area contributed by atoms with Crippen molar-refractivity contribution in [1.29, 1.82) is 0 Å². The van der Waals surface area contributed by atoms with E-state index in [9.17, 15) is 0 Å². The standard InChI is InChI=1S/C24H31BO2/c1-23(2)24(3,4)27-25(26-23)22-15-10-18(11-16-22)7-5-6-8-19-9-12-20-13-14-21(20)17-19/h9-12,15-17H,5-8,13-14H2,1-4H3. The minimum Gasteiger partial charge on any atom is -0.399 e. The zero-order chi connectivity index (χ0) is 19.1. The van der Waals surface area contributed by atoms with E-state index in [1.807, 2.05) is 0 Å². The van der Waals surface area contributed by atoms with Gasteiger partial charge in [0.05, 0.1) is 11.2 Å². The van der Waals surface area contributed by atoms with Gasteiger partial charge in [-0.1, -0.05) is 42.5 Å². The number of rotatable bonds is 6. The predicted molar refractivity (Wildman–Crippen MR) is 113 cm³/mol. The quantitative estimate of drug-likeness (QED) is 0.550. The van der Waals surface area contributed by atoms with Gasteiger partial charge in [-0.2, -0.15) is 0 Å². The van der Waals surface area contributed by atoms with Gasteiger partial charge in [-0.05, 0) is 93.9 Å². The Labute approximate surface area is 164 Å². The molecular formula is C24H31BO2. The van der Waals surface area contributed by atoms with Crippen molar-refractivity contribution in [3.8, 4) is 0 Å². The fourth-order valence-corrected chi connectivity index (χ4v) is 3.88. The van der Waals surface area contributed by atoms with E-state index in [2.05, 4.69) is 70.2 Å². The van der Waals surface area contributed by atoms with E-state index < -0.39 is 0 Å². The van der Waals surface area contributed by atoms with Crippen LogP contribution in [0.15, 0.2) is 42.5 Å². The summed E-state index contributed by atoms with van der Waals surface area (Å²) in [7, 11) is -0.264. The summed E-state index contributed by atoms with van der Waals surface area (Å²) in [4.78, 5) is 0. The second-order valence-corrected chi connectivity index (χ2v) is 9.14. The molecule has 1 fully saturated rings. The van der Waals surface area contributed by atoms with E-state index in [1.165, 1.54) is 43.2 Å². The Kier molecular flexibility index (Phi) is 4.94. The summed E-state index contributed by atoms with van der Waals surface area (Å²) in [6.07, 6.45) is 7.36. The number of fused-ring (bicyclic) bond motifs is 1. The topological polar surface area (TPSA) is 18.5 Å². The number of hydrogen-bond donors (Lipinski definition) is 0. The first-order chi connectivity index (χ1) is 12.8. The molecule has 0 spiro atoms. The molecule has 0 atom stereocenters. The van der Waals surface area contributed by atoms with Gasteiger partial charge in [0, 0.05) is 0 Å². The van der Waals surface area contributed by atoms with Crippen LogP contribution >= 0.6 is 0 Å². The van der Waals surface area contributed by atoms with Gasteiger partial charge in [0.1, 0.15) is 0 Å². The average Bonchev–Trinajstić information content (AvgIpc) is 2.82. The van der Waals surface area contributed by atoms with Crippen LogP contribution in [0.1, 0.15) is 62.8 Å². The normalized spacial score (nSPS) is 19.6. The van der Waals surface area contributed by atoms with Gasteiger partial charge in [-0.15, -0.1) is 0 Å². The molecule has 2 aromatic carbocycles. The molecule has 1 aliphatic carbocycles.